The average molecular weight is 431 g/mol. The number of rotatable bonds is 4. The molecular formula is C27H21N5O. The second kappa shape index (κ2) is 8.21. The molecule has 1 atom stereocenters. The van der Waals surface area contributed by atoms with Crippen molar-refractivity contribution in [3.63, 3.8) is 0 Å². The molecule has 0 radical (unpaired) electrons. The Morgan fingerprint density at radius 1 is 1.03 bits per heavy atom. The van der Waals surface area contributed by atoms with Crippen LogP contribution in [0.3, 0.4) is 0 Å². The van der Waals surface area contributed by atoms with Crippen LogP contribution in [0.4, 0.5) is 5.69 Å². The van der Waals surface area contributed by atoms with Crippen molar-refractivity contribution in [3.8, 4) is 11.8 Å². The number of nitriles is 1. The molecule has 6 heteroatoms. The first-order valence-electron chi connectivity index (χ1n) is 10.7. The molecule has 33 heavy (non-hydrogen) atoms. The molecule has 3 aromatic heterocycles. The van der Waals surface area contributed by atoms with Gasteiger partial charge < -0.3 is 5.32 Å². The van der Waals surface area contributed by atoms with E-state index in [2.05, 4.69) is 21.4 Å². The topological polar surface area (TPSA) is 83.6 Å². The largest absolute Gasteiger partial charge is 0.374 e. The fourth-order valence-electron chi connectivity index (χ4n) is 4.26. The predicted molar refractivity (Wildman–Crippen MR) is 131 cm³/mol. The average Bonchev–Trinajstić information content (AvgIpc) is 2.84. The van der Waals surface area contributed by atoms with Crippen molar-refractivity contribution in [2.75, 3.05) is 5.32 Å². The summed E-state index contributed by atoms with van der Waals surface area (Å²) in [7, 11) is 0. The third-order valence-electron chi connectivity index (χ3n) is 5.85. The number of nitrogens with one attached hydrogen (secondary N) is 1. The Kier molecular flexibility index (Phi) is 5.08. The van der Waals surface area contributed by atoms with Gasteiger partial charge in [0.25, 0.3) is 5.56 Å². The van der Waals surface area contributed by atoms with Crippen molar-refractivity contribution in [1.82, 2.24) is 14.5 Å². The Morgan fingerprint density at radius 3 is 2.64 bits per heavy atom. The van der Waals surface area contributed by atoms with E-state index >= 15 is 0 Å². The Hall–Kier alpha value is -4.50. The molecule has 0 fully saturated rings. The first kappa shape index (κ1) is 20.4. The summed E-state index contributed by atoms with van der Waals surface area (Å²) in [4.78, 5) is 22.5. The molecule has 0 saturated carbocycles. The minimum atomic E-state index is -0.303. The van der Waals surface area contributed by atoms with Gasteiger partial charge >= 0.3 is 0 Å². The van der Waals surface area contributed by atoms with E-state index in [1.54, 1.807) is 17.0 Å². The number of hydrogen-bond donors (Lipinski definition) is 1. The number of para-hydroxylation sites is 1. The van der Waals surface area contributed by atoms with E-state index in [4.69, 9.17) is 0 Å². The highest BCUT2D eigenvalue weighted by Gasteiger charge is 2.19. The Morgan fingerprint density at radius 2 is 1.85 bits per heavy atom. The molecule has 0 bridgehead atoms. The lowest BCUT2D eigenvalue weighted by molar-refractivity contribution is 0.778. The van der Waals surface area contributed by atoms with Gasteiger partial charge in [0.15, 0.2) is 0 Å². The SMILES string of the molecule is Cc1cccc2cc([C@H](C)Nc3c(C#N)cnc4cccnc34)n(-c3ccccc3)c(=O)c12. The van der Waals surface area contributed by atoms with E-state index in [1.165, 1.54) is 0 Å². The zero-order valence-corrected chi connectivity index (χ0v) is 18.3. The van der Waals surface area contributed by atoms with E-state index in [1.807, 2.05) is 80.6 Å². The number of benzene rings is 2. The number of nitrogens with zero attached hydrogens (tertiary/aromatic N) is 4. The number of fused-ring (bicyclic) bond motifs is 2. The third-order valence-corrected chi connectivity index (χ3v) is 5.85. The van der Waals surface area contributed by atoms with Gasteiger partial charge in [0.05, 0.1) is 28.2 Å². The maximum absolute atomic E-state index is 13.7. The van der Waals surface area contributed by atoms with Crippen LogP contribution in [0.15, 0.2) is 83.9 Å². The first-order chi connectivity index (χ1) is 16.1. The lowest BCUT2D eigenvalue weighted by atomic mass is 10.0. The molecule has 1 N–H and O–H groups in total. The van der Waals surface area contributed by atoms with Crippen molar-refractivity contribution in [3.05, 3.63) is 106 Å². The van der Waals surface area contributed by atoms with Gasteiger partial charge in [-0.1, -0.05) is 36.4 Å². The summed E-state index contributed by atoms with van der Waals surface area (Å²) >= 11 is 0. The summed E-state index contributed by atoms with van der Waals surface area (Å²) in [5.74, 6) is 0. The maximum Gasteiger partial charge on any atom is 0.263 e. The van der Waals surface area contributed by atoms with Gasteiger partial charge in [-0.3, -0.25) is 19.3 Å². The second-order valence-corrected chi connectivity index (χ2v) is 7.98. The minimum absolute atomic E-state index is 0.0707. The highest BCUT2D eigenvalue weighted by molar-refractivity contribution is 5.91. The summed E-state index contributed by atoms with van der Waals surface area (Å²) in [5.41, 5.74) is 4.76. The van der Waals surface area contributed by atoms with Crippen molar-refractivity contribution in [2.45, 2.75) is 19.9 Å². The molecule has 5 aromatic rings. The highest BCUT2D eigenvalue weighted by atomic mass is 16.1. The second-order valence-electron chi connectivity index (χ2n) is 7.98. The molecule has 6 nitrogen and oxygen atoms in total. The zero-order chi connectivity index (χ0) is 22.9. The summed E-state index contributed by atoms with van der Waals surface area (Å²) in [6.07, 6.45) is 3.23. The van der Waals surface area contributed by atoms with Gasteiger partial charge in [-0.15, -0.1) is 0 Å². The summed E-state index contributed by atoms with van der Waals surface area (Å²) in [5, 5.41) is 14.7. The van der Waals surface area contributed by atoms with Crippen LogP contribution in [0, 0.1) is 18.3 Å². The molecule has 0 aliphatic carbocycles. The fraction of sp³-hybridized carbons (Fsp3) is 0.111. The number of hydrogen-bond acceptors (Lipinski definition) is 5. The minimum Gasteiger partial charge on any atom is -0.374 e. The van der Waals surface area contributed by atoms with Gasteiger partial charge in [-0.05, 0) is 55.1 Å². The quantitative estimate of drug-likeness (QED) is 0.418. The number of aromatic nitrogens is 3. The van der Waals surface area contributed by atoms with Crippen molar-refractivity contribution < 1.29 is 0 Å². The molecule has 0 unspecified atom stereocenters. The van der Waals surface area contributed by atoms with Gasteiger partial charge in [0.1, 0.15) is 11.6 Å². The van der Waals surface area contributed by atoms with Gasteiger partial charge in [0, 0.05) is 23.8 Å². The molecule has 3 heterocycles. The summed E-state index contributed by atoms with van der Waals surface area (Å²) < 4.78 is 1.75. The van der Waals surface area contributed by atoms with Crippen LogP contribution < -0.4 is 10.9 Å². The first-order valence-corrected chi connectivity index (χ1v) is 10.7. The fourth-order valence-corrected chi connectivity index (χ4v) is 4.26. The Bertz CT molecular complexity index is 1600. The van der Waals surface area contributed by atoms with E-state index < -0.39 is 0 Å². The van der Waals surface area contributed by atoms with Crippen molar-refractivity contribution >= 4 is 27.5 Å². The van der Waals surface area contributed by atoms with Crippen LogP contribution in [0.2, 0.25) is 0 Å². The molecule has 0 saturated heterocycles. The van der Waals surface area contributed by atoms with Crippen LogP contribution in [-0.4, -0.2) is 14.5 Å². The summed E-state index contributed by atoms with van der Waals surface area (Å²) in [6.45, 7) is 3.93. The van der Waals surface area contributed by atoms with Gasteiger partial charge in [0.2, 0.25) is 0 Å². The van der Waals surface area contributed by atoms with E-state index in [9.17, 15) is 10.1 Å². The van der Waals surface area contributed by atoms with E-state index in [0.29, 0.717) is 27.7 Å². The van der Waals surface area contributed by atoms with Crippen LogP contribution in [0.5, 0.6) is 0 Å². The molecule has 0 aliphatic rings. The van der Waals surface area contributed by atoms with Crippen LogP contribution in [-0.2, 0) is 0 Å². The molecular weight excluding hydrogens is 410 g/mol. The highest BCUT2D eigenvalue weighted by Crippen LogP contribution is 2.29. The molecule has 160 valence electrons. The molecule has 0 amide bonds. The predicted octanol–water partition coefficient (Wildman–Crippen LogP) is 5.29. The zero-order valence-electron chi connectivity index (χ0n) is 18.3. The maximum atomic E-state index is 13.7. The van der Waals surface area contributed by atoms with Crippen molar-refractivity contribution in [1.29, 1.82) is 5.26 Å². The lowest BCUT2D eigenvalue weighted by Gasteiger charge is -2.23. The number of pyridine rings is 3. The van der Waals surface area contributed by atoms with Crippen molar-refractivity contribution in [2.24, 2.45) is 0 Å². The number of aryl methyl sites for hydroxylation is 1. The van der Waals surface area contributed by atoms with Gasteiger partial charge in [-0.2, -0.15) is 5.26 Å². The molecule has 0 spiro atoms. The smallest absolute Gasteiger partial charge is 0.263 e. The third kappa shape index (κ3) is 3.50. The monoisotopic (exact) mass is 431 g/mol. The van der Waals surface area contributed by atoms with Gasteiger partial charge in [-0.25, -0.2) is 0 Å². The van der Waals surface area contributed by atoms with Crippen LogP contribution in [0.1, 0.15) is 29.8 Å². The molecule has 5 rings (SSSR count). The summed E-state index contributed by atoms with van der Waals surface area (Å²) in [6, 6.07) is 23.1. The van der Waals surface area contributed by atoms with E-state index in [-0.39, 0.29) is 11.6 Å². The molecule has 2 aromatic carbocycles. The lowest BCUT2D eigenvalue weighted by Crippen LogP contribution is -2.26. The molecule has 0 aliphatic heterocycles. The van der Waals surface area contributed by atoms with Crippen LogP contribution in [0.25, 0.3) is 27.5 Å². The van der Waals surface area contributed by atoms with E-state index in [0.717, 1.165) is 22.3 Å². The Labute approximate surface area is 190 Å². The normalized spacial score (nSPS) is 11.9. The van der Waals surface area contributed by atoms with Crippen LogP contribution >= 0.6 is 0 Å². The number of anilines is 1. The standard InChI is InChI=1S/C27H21N5O/c1-17-8-6-9-19-14-23(32(27(33)24(17)19)21-10-4-3-5-11-21)18(2)31-25-20(15-28)16-30-22-12-7-13-29-26(22)25/h3-14,16,18H,1-2H3,(H,30,31)/t18-/m0/s1. The Balaban J connectivity index is 1.74.